The van der Waals surface area contributed by atoms with Crippen LogP contribution in [-0.2, 0) is 33.3 Å². The van der Waals surface area contributed by atoms with E-state index in [2.05, 4.69) is 5.32 Å². The molecule has 4 aliphatic heterocycles. The number of carbonyl (C=O) groups excluding carboxylic acids is 5. The van der Waals surface area contributed by atoms with Gasteiger partial charge in [-0.2, -0.15) is 0 Å². The van der Waals surface area contributed by atoms with Crippen LogP contribution in [-0.4, -0.2) is 95.4 Å². The minimum atomic E-state index is -2.03. The molecule has 58 heavy (non-hydrogen) atoms. The molecule has 0 spiro atoms. The second-order valence-corrected chi connectivity index (χ2v) is 16.3. The second kappa shape index (κ2) is 16.8. The van der Waals surface area contributed by atoms with Crippen LogP contribution in [0.2, 0.25) is 0 Å². The van der Waals surface area contributed by atoms with Gasteiger partial charge >= 0.3 is 11.8 Å². The van der Waals surface area contributed by atoms with Crippen LogP contribution in [0.15, 0.2) is 47.5 Å². The summed E-state index contributed by atoms with van der Waals surface area (Å²) in [6, 6.07) is 0. The SMILES string of the molecule is CCN(CC)C1=C2NC(=O)/C(C)=C\C=C\[C@H](C)[C@@H]3OC(C)(C)O[C@H]([C@H](C)[C@H](OC(C)=O)[C@H](C)[C@@H](OC)/C=C/O[C@@]4(C)Oc5c(C)c(O)c(c(c5C4=O)C1=O)C2=O)[C@@H]3C. The molecule has 316 valence electrons. The summed E-state index contributed by atoms with van der Waals surface area (Å²) in [6.07, 6.45) is 5.88. The van der Waals surface area contributed by atoms with Gasteiger partial charge in [-0.25, -0.2) is 0 Å². The number of allylic oxidation sites excluding steroid dienone is 4. The molecule has 4 heterocycles. The number of ketones is 3. The van der Waals surface area contributed by atoms with E-state index in [1.807, 2.05) is 47.6 Å². The molecule has 9 atom stereocenters. The number of aromatic hydroxyl groups is 1. The van der Waals surface area contributed by atoms with E-state index in [4.69, 9.17) is 28.4 Å². The third-order valence-corrected chi connectivity index (χ3v) is 11.8. The summed E-state index contributed by atoms with van der Waals surface area (Å²) in [5.74, 6) is -8.36. The smallest absolute Gasteiger partial charge is 0.312 e. The number of rotatable bonds is 5. The van der Waals surface area contributed by atoms with Gasteiger partial charge in [0.25, 0.3) is 11.7 Å². The fourth-order valence-corrected chi connectivity index (χ4v) is 8.60. The Morgan fingerprint density at radius 2 is 1.53 bits per heavy atom. The molecule has 5 aliphatic rings. The number of benzene rings is 1. The first-order valence-electron chi connectivity index (χ1n) is 19.9. The van der Waals surface area contributed by atoms with Crippen LogP contribution in [0.5, 0.6) is 11.5 Å². The first-order valence-corrected chi connectivity index (χ1v) is 19.9. The van der Waals surface area contributed by atoms with Gasteiger partial charge in [-0.05, 0) is 47.6 Å². The molecule has 0 aromatic heterocycles. The Labute approximate surface area is 340 Å². The van der Waals surface area contributed by atoms with Crippen LogP contribution in [0.25, 0.3) is 0 Å². The number of nitrogens with zero attached hydrogens (tertiary/aromatic N) is 1. The van der Waals surface area contributed by atoms with E-state index in [-0.39, 0.29) is 76.4 Å². The van der Waals surface area contributed by atoms with Crippen molar-refractivity contribution < 1.29 is 57.5 Å². The Balaban J connectivity index is 1.70. The summed E-state index contributed by atoms with van der Waals surface area (Å²) < 4.78 is 37.0. The summed E-state index contributed by atoms with van der Waals surface area (Å²) in [5, 5.41) is 14.2. The van der Waals surface area contributed by atoms with Crippen molar-refractivity contribution in [1.29, 1.82) is 0 Å². The molecule has 0 saturated carbocycles. The van der Waals surface area contributed by atoms with E-state index in [0.29, 0.717) is 0 Å². The topological polar surface area (TPSA) is 176 Å². The average Bonchev–Trinajstić information content (AvgIpc) is 3.43. The number of likely N-dealkylation sites (N-methyl/N-ethyl adjacent to an activating group) is 1. The zero-order valence-corrected chi connectivity index (χ0v) is 35.8. The molecule has 1 saturated heterocycles. The van der Waals surface area contributed by atoms with E-state index in [1.54, 1.807) is 43.9 Å². The molecule has 0 radical (unpaired) electrons. The van der Waals surface area contributed by atoms with Crippen LogP contribution in [0.3, 0.4) is 0 Å². The highest BCUT2D eigenvalue weighted by atomic mass is 16.7. The highest BCUT2D eigenvalue weighted by Gasteiger charge is 2.53. The number of carbonyl (C=O) groups is 5. The fraction of sp³-hybridized carbons (Fsp3) is 0.568. The lowest BCUT2D eigenvalue weighted by molar-refractivity contribution is -0.336. The van der Waals surface area contributed by atoms with E-state index < -0.39 is 76.3 Å². The van der Waals surface area contributed by atoms with Gasteiger partial charge in [-0.15, -0.1) is 0 Å². The van der Waals surface area contributed by atoms with E-state index in [9.17, 15) is 29.1 Å². The van der Waals surface area contributed by atoms with Gasteiger partial charge in [0.05, 0.1) is 41.3 Å². The molecule has 1 fully saturated rings. The van der Waals surface area contributed by atoms with Gasteiger partial charge in [0.2, 0.25) is 11.6 Å². The van der Waals surface area contributed by atoms with Crippen molar-refractivity contribution in [2.75, 3.05) is 20.2 Å². The minimum Gasteiger partial charge on any atom is -0.507 e. The van der Waals surface area contributed by atoms with Gasteiger partial charge in [-0.3, -0.25) is 24.0 Å². The number of fused-ring (bicyclic) bond motifs is 10. The van der Waals surface area contributed by atoms with Crippen molar-refractivity contribution in [1.82, 2.24) is 10.2 Å². The number of hydrogen-bond donors (Lipinski definition) is 2. The van der Waals surface area contributed by atoms with Crippen molar-refractivity contribution in [3.05, 3.63) is 69.8 Å². The largest absolute Gasteiger partial charge is 0.507 e. The maximum absolute atomic E-state index is 14.6. The number of methoxy groups -OCH3 is 1. The Morgan fingerprint density at radius 3 is 2.14 bits per heavy atom. The van der Waals surface area contributed by atoms with Crippen molar-refractivity contribution in [2.45, 2.75) is 119 Å². The Bertz CT molecular complexity index is 1990. The van der Waals surface area contributed by atoms with Crippen molar-refractivity contribution in [3.63, 3.8) is 0 Å². The highest BCUT2D eigenvalue weighted by molar-refractivity contribution is 6.32. The van der Waals surface area contributed by atoms with Gasteiger partial charge in [0.15, 0.2) is 5.79 Å². The molecule has 7 bridgehead atoms. The maximum Gasteiger partial charge on any atom is 0.312 e. The zero-order chi connectivity index (χ0) is 43.2. The second-order valence-electron chi connectivity index (χ2n) is 16.3. The predicted molar refractivity (Wildman–Crippen MR) is 213 cm³/mol. The van der Waals surface area contributed by atoms with Crippen LogP contribution < -0.4 is 10.1 Å². The maximum atomic E-state index is 14.6. The lowest BCUT2D eigenvalue weighted by Crippen LogP contribution is -2.56. The summed E-state index contributed by atoms with van der Waals surface area (Å²) in [5.41, 5.74) is -1.14. The molecule has 14 nitrogen and oxygen atoms in total. The highest BCUT2D eigenvalue weighted by Crippen LogP contribution is 2.49. The van der Waals surface area contributed by atoms with Crippen molar-refractivity contribution >= 4 is 29.2 Å². The lowest BCUT2D eigenvalue weighted by atomic mass is 9.77. The molecule has 1 aliphatic carbocycles. The standard InChI is InChI=1S/C44H58N2O12/c1-14-46(15-2)33-32-35(49)30-29(36(33)50)31-40(24(6)34(30)48)58-44(12,41(31)51)54-20-19-28(53-13)23(5)38(55-27(9)47)26(8)39-25(7)37(56-43(10,11)57-39)21(3)17-16-18-22(4)42(52)45-32/h16-21,23,25-26,28,37-39,48H,14-15H2,1-13H3,(H,45,52)/b17-16+,20-19+,22-18-/t21-,23+,25+,26+,28-,37-,38+,39-,44-/m0/s1. The van der Waals surface area contributed by atoms with Gasteiger partial charge in [0.1, 0.15) is 29.0 Å². The van der Waals surface area contributed by atoms with Crippen LogP contribution in [0.4, 0.5) is 0 Å². The number of hydrogen-bond acceptors (Lipinski definition) is 13. The van der Waals surface area contributed by atoms with E-state index in [1.165, 1.54) is 34.1 Å². The third-order valence-electron chi connectivity index (χ3n) is 11.8. The molecule has 0 unspecified atom stereocenters. The van der Waals surface area contributed by atoms with E-state index in [0.717, 1.165) is 0 Å². The summed E-state index contributed by atoms with van der Waals surface area (Å²) >= 11 is 0. The van der Waals surface area contributed by atoms with E-state index >= 15 is 0 Å². The number of phenolic OH excluding ortho intramolecular Hbond substituents is 1. The van der Waals surface area contributed by atoms with Crippen molar-refractivity contribution in [3.8, 4) is 11.5 Å². The van der Waals surface area contributed by atoms with Crippen LogP contribution in [0, 0.1) is 30.6 Å². The fourth-order valence-electron chi connectivity index (χ4n) is 8.60. The summed E-state index contributed by atoms with van der Waals surface area (Å²) in [4.78, 5) is 71.5. The van der Waals surface area contributed by atoms with Crippen LogP contribution in [0.1, 0.15) is 113 Å². The molecule has 1 amide bonds. The van der Waals surface area contributed by atoms with Gasteiger partial charge in [-0.1, -0.05) is 45.9 Å². The molecule has 1 aromatic carbocycles. The third kappa shape index (κ3) is 7.98. The molecular weight excluding hydrogens is 748 g/mol. The van der Waals surface area contributed by atoms with Gasteiger partial charge < -0.3 is 43.7 Å². The Kier molecular flexibility index (Phi) is 12.9. The Hall–Kier alpha value is -4.79. The Morgan fingerprint density at radius 1 is 0.897 bits per heavy atom. The summed E-state index contributed by atoms with van der Waals surface area (Å²) in [7, 11) is 1.50. The average molecular weight is 807 g/mol. The number of esters is 1. The number of Topliss-reactive ketones (excluding diaryl/α,β-unsaturated/α-hetero) is 3. The molecule has 6 rings (SSSR count). The zero-order valence-electron chi connectivity index (χ0n) is 35.8. The number of amides is 1. The summed E-state index contributed by atoms with van der Waals surface area (Å²) in [6.45, 7) is 21.4. The number of nitrogens with one attached hydrogen (secondary N) is 1. The van der Waals surface area contributed by atoms with Gasteiger partial charge in [0, 0.05) is 68.9 Å². The minimum absolute atomic E-state index is 0.0350. The van der Waals surface area contributed by atoms with Crippen molar-refractivity contribution in [2.24, 2.45) is 23.7 Å². The predicted octanol–water partition coefficient (Wildman–Crippen LogP) is 6.10. The monoisotopic (exact) mass is 806 g/mol. The normalized spacial score (nSPS) is 33.4. The molecular formula is C44H58N2O12. The quantitative estimate of drug-likeness (QED) is 0.327. The first-order chi connectivity index (χ1) is 27.1. The molecule has 1 aromatic rings. The number of phenols is 1. The number of ether oxygens (including phenoxy) is 6. The first kappa shape index (κ1) is 44.3. The lowest BCUT2D eigenvalue weighted by Gasteiger charge is -2.50. The molecule has 2 N–H and O–H groups in total. The molecule has 14 heteroatoms. The van der Waals surface area contributed by atoms with Crippen LogP contribution >= 0.6 is 0 Å².